The molecule has 0 unspecified atom stereocenters. The summed E-state index contributed by atoms with van der Waals surface area (Å²) in [6, 6.07) is 10.5. The fourth-order valence-electron chi connectivity index (χ4n) is 4.46. The summed E-state index contributed by atoms with van der Waals surface area (Å²) >= 11 is 0. The highest BCUT2D eigenvalue weighted by Crippen LogP contribution is 2.41. The molecule has 2 aromatic rings. The Morgan fingerprint density at radius 1 is 1.13 bits per heavy atom. The Kier molecular flexibility index (Phi) is 5.86. The highest BCUT2D eigenvalue weighted by molar-refractivity contribution is 5.87. The number of hydrogen-bond donors (Lipinski definition) is 2. The molecule has 1 saturated heterocycles. The van der Waals surface area contributed by atoms with Crippen LogP contribution in [0.3, 0.4) is 0 Å². The van der Waals surface area contributed by atoms with Crippen molar-refractivity contribution in [2.24, 2.45) is 5.41 Å². The van der Waals surface area contributed by atoms with Crippen LogP contribution in [0.25, 0.3) is 5.57 Å². The SMILES string of the molecule is CC(C)(CN1CCC(=C2c3ccc(F)cc3COc3ccc(CO)cc32)CC1)C(=O)O. The maximum Gasteiger partial charge on any atom is 0.310 e. The van der Waals surface area contributed by atoms with Crippen LogP contribution in [0, 0.1) is 11.2 Å². The van der Waals surface area contributed by atoms with E-state index in [2.05, 4.69) is 4.90 Å². The first-order valence-corrected chi connectivity index (χ1v) is 10.6. The molecule has 0 aliphatic carbocycles. The van der Waals surface area contributed by atoms with Gasteiger partial charge in [-0.3, -0.25) is 4.79 Å². The zero-order valence-corrected chi connectivity index (χ0v) is 17.9. The Bertz CT molecular complexity index is 1030. The van der Waals surface area contributed by atoms with E-state index in [0.717, 1.165) is 59.5 Å². The van der Waals surface area contributed by atoms with Crippen molar-refractivity contribution in [2.45, 2.75) is 39.9 Å². The minimum Gasteiger partial charge on any atom is -0.488 e. The first-order valence-electron chi connectivity index (χ1n) is 10.6. The maximum atomic E-state index is 14.0. The fraction of sp³-hybridized carbons (Fsp3) is 0.400. The summed E-state index contributed by atoms with van der Waals surface area (Å²) in [4.78, 5) is 13.7. The molecule has 0 amide bonds. The highest BCUT2D eigenvalue weighted by Gasteiger charge is 2.32. The third-order valence-electron chi connectivity index (χ3n) is 6.23. The van der Waals surface area contributed by atoms with Crippen LogP contribution in [0.1, 0.15) is 48.9 Å². The molecule has 1 fully saturated rings. The topological polar surface area (TPSA) is 70.0 Å². The molecule has 4 rings (SSSR count). The summed E-state index contributed by atoms with van der Waals surface area (Å²) in [6.45, 7) is 5.76. The molecule has 6 heteroatoms. The van der Waals surface area contributed by atoms with Crippen LogP contribution in [0.15, 0.2) is 42.0 Å². The second kappa shape index (κ2) is 8.44. The van der Waals surface area contributed by atoms with Crippen molar-refractivity contribution in [3.63, 3.8) is 0 Å². The number of carboxylic acid groups (broad SMARTS) is 1. The van der Waals surface area contributed by atoms with E-state index in [4.69, 9.17) is 4.74 Å². The molecule has 0 atom stereocenters. The van der Waals surface area contributed by atoms with E-state index in [-0.39, 0.29) is 19.0 Å². The summed E-state index contributed by atoms with van der Waals surface area (Å²) in [5.41, 5.74) is 4.99. The van der Waals surface area contributed by atoms with Crippen LogP contribution in [0.4, 0.5) is 4.39 Å². The van der Waals surface area contributed by atoms with Gasteiger partial charge in [0.05, 0.1) is 12.0 Å². The smallest absolute Gasteiger partial charge is 0.310 e. The molecule has 2 heterocycles. The second-order valence-corrected chi connectivity index (χ2v) is 9.02. The lowest BCUT2D eigenvalue weighted by Gasteiger charge is -2.34. The maximum absolute atomic E-state index is 14.0. The molecular weight excluding hydrogens is 397 g/mol. The second-order valence-electron chi connectivity index (χ2n) is 9.02. The van der Waals surface area contributed by atoms with E-state index in [1.165, 1.54) is 17.7 Å². The van der Waals surface area contributed by atoms with Gasteiger partial charge < -0.3 is 19.8 Å². The minimum absolute atomic E-state index is 0.0653. The van der Waals surface area contributed by atoms with Gasteiger partial charge in [0, 0.05) is 30.8 Å². The van der Waals surface area contributed by atoms with E-state index >= 15 is 0 Å². The molecule has 0 spiro atoms. The minimum atomic E-state index is -0.798. The third kappa shape index (κ3) is 4.36. The molecule has 0 radical (unpaired) electrons. The Morgan fingerprint density at radius 2 is 1.87 bits per heavy atom. The number of rotatable bonds is 4. The number of piperidine rings is 1. The van der Waals surface area contributed by atoms with Crippen LogP contribution < -0.4 is 4.74 Å². The molecule has 2 aliphatic rings. The van der Waals surface area contributed by atoms with Gasteiger partial charge in [0.15, 0.2) is 0 Å². The summed E-state index contributed by atoms with van der Waals surface area (Å²) < 4.78 is 20.0. The Labute approximate surface area is 181 Å². The number of halogens is 1. The van der Waals surface area contributed by atoms with Crippen LogP contribution in [0.2, 0.25) is 0 Å². The van der Waals surface area contributed by atoms with Crippen LogP contribution >= 0.6 is 0 Å². The molecule has 2 N–H and O–H groups in total. The summed E-state index contributed by atoms with van der Waals surface area (Å²) in [5.74, 6) is -0.357. The standard InChI is InChI=1S/C25H28FNO4/c1-25(2,24(29)30)15-27-9-7-17(8-10-27)23-20-5-4-19(26)12-18(20)14-31-22-6-3-16(13-28)11-21(22)23/h3-6,11-12,28H,7-10,13-15H2,1-2H3,(H,29,30). The number of aliphatic hydroxyl groups is 1. The molecule has 0 bridgehead atoms. The van der Waals surface area contributed by atoms with Gasteiger partial charge in [0.1, 0.15) is 18.2 Å². The molecule has 31 heavy (non-hydrogen) atoms. The van der Waals surface area contributed by atoms with Crippen LogP contribution in [-0.4, -0.2) is 40.7 Å². The zero-order chi connectivity index (χ0) is 22.2. The number of aliphatic carboxylic acids is 1. The number of hydrogen-bond acceptors (Lipinski definition) is 4. The molecule has 5 nitrogen and oxygen atoms in total. The average Bonchev–Trinajstić information content (AvgIpc) is 2.90. The van der Waals surface area contributed by atoms with Gasteiger partial charge in [0.2, 0.25) is 0 Å². The van der Waals surface area contributed by atoms with Crippen LogP contribution in [-0.2, 0) is 18.0 Å². The quantitative estimate of drug-likeness (QED) is 0.768. The van der Waals surface area contributed by atoms with Gasteiger partial charge in [-0.2, -0.15) is 0 Å². The molecular formula is C25H28FNO4. The average molecular weight is 426 g/mol. The predicted molar refractivity (Wildman–Crippen MR) is 116 cm³/mol. The third-order valence-corrected chi connectivity index (χ3v) is 6.23. The number of benzene rings is 2. The van der Waals surface area contributed by atoms with Gasteiger partial charge in [-0.15, -0.1) is 0 Å². The molecule has 2 aliphatic heterocycles. The van der Waals surface area contributed by atoms with Gasteiger partial charge in [-0.1, -0.05) is 17.7 Å². The van der Waals surface area contributed by atoms with E-state index in [0.29, 0.717) is 6.54 Å². The van der Waals surface area contributed by atoms with Crippen molar-refractivity contribution in [1.29, 1.82) is 0 Å². The molecule has 0 aromatic heterocycles. The largest absolute Gasteiger partial charge is 0.488 e. The van der Waals surface area contributed by atoms with Gasteiger partial charge in [-0.05, 0) is 67.7 Å². The Morgan fingerprint density at radius 3 is 2.55 bits per heavy atom. The number of ether oxygens (including phenoxy) is 1. The number of nitrogens with zero attached hydrogens (tertiary/aromatic N) is 1. The lowest BCUT2D eigenvalue weighted by Crippen LogP contribution is -2.42. The number of carboxylic acids is 1. The van der Waals surface area contributed by atoms with E-state index in [1.807, 2.05) is 24.3 Å². The molecule has 2 aromatic carbocycles. The lowest BCUT2D eigenvalue weighted by atomic mass is 9.85. The Balaban J connectivity index is 1.73. The highest BCUT2D eigenvalue weighted by atomic mass is 19.1. The number of carbonyl (C=O) groups is 1. The first-order chi connectivity index (χ1) is 14.8. The number of aliphatic hydroxyl groups excluding tert-OH is 1. The van der Waals surface area contributed by atoms with Crippen molar-refractivity contribution in [1.82, 2.24) is 4.90 Å². The monoisotopic (exact) mass is 425 g/mol. The zero-order valence-electron chi connectivity index (χ0n) is 17.9. The van der Waals surface area contributed by atoms with E-state index in [9.17, 15) is 19.4 Å². The number of likely N-dealkylation sites (tertiary alicyclic amines) is 1. The van der Waals surface area contributed by atoms with Gasteiger partial charge in [0.25, 0.3) is 0 Å². The van der Waals surface area contributed by atoms with Crippen molar-refractivity contribution in [3.8, 4) is 5.75 Å². The molecule has 0 saturated carbocycles. The normalized spacial score (nSPS) is 16.9. The Hall–Kier alpha value is -2.70. The summed E-state index contributed by atoms with van der Waals surface area (Å²) in [6.07, 6.45) is 1.59. The van der Waals surface area contributed by atoms with E-state index < -0.39 is 11.4 Å². The van der Waals surface area contributed by atoms with Crippen molar-refractivity contribution in [2.75, 3.05) is 19.6 Å². The van der Waals surface area contributed by atoms with Crippen LogP contribution in [0.5, 0.6) is 5.75 Å². The van der Waals surface area contributed by atoms with Gasteiger partial charge >= 0.3 is 5.97 Å². The van der Waals surface area contributed by atoms with Crippen molar-refractivity contribution >= 4 is 11.5 Å². The van der Waals surface area contributed by atoms with E-state index in [1.54, 1.807) is 13.8 Å². The predicted octanol–water partition coefficient (Wildman–Crippen LogP) is 4.22. The van der Waals surface area contributed by atoms with Gasteiger partial charge in [-0.25, -0.2) is 4.39 Å². The van der Waals surface area contributed by atoms with Crippen molar-refractivity contribution in [3.05, 3.63) is 70.0 Å². The first kappa shape index (κ1) is 21.5. The summed E-state index contributed by atoms with van der Waals surface area (Å²) in [7, 11) is 0. The fourth-order valence-corrected chi connectivity index (χ4v) is 4.46. The molecule has 164 valence electrons. The lowest BCUT2D eigenvalue weighted by molar-refractivity contribution is -0.148. The van der Waals surface area contributed by atoms with Crippen molar-refractivity contribution < 1.29 is 24.1 Å². The number of fused-ring (bicyclic) bond motifs is 2. The summed E-state index contributed by atoms with van der Waals surface area (Å²) in [5, 5.41) is 19.1.